The highest BCUT2D eigenvalue weighted by molar-refractivity contribution is 5.33. The average Bonchev–Trinajstić information content (AvgIpc) is 2.72. The highest BCUT2D eigenvalue weighted by atomic mass is 19.1. The van der Waals surface area contributed by atoms with Crippen LogP contribution in [0.4, 0.5) is 14.6 Å². The second kappa shape index (κ2) is 5.14. The molecule has 0 saturated carbocycles. The largest absolute Gasteiger partial charge is 0.386 e. The number of aromatic nitrogens is 2. The van der Waals surface area contributed by atoms with E-state index in [4.69, 9.17) is 0 Å². The van der Waals surface area contributed by atoms with Gasteiger partial charge in [0.15, 0.2) is 0 Å². The quantitative estimate of drug-likeness (QED) is 0.874. The van der Waals surface area contributed by atoms with Gasteiger partial charge in [0.2, 0.25) is 0 Å². The summed E-state index contributed by atoms with van der Waals surface area (Å²) in [5.74, 6) is -0.842. The van der Waals surface area contributed by atoms with Gasteiger partial charge in [-0.05, 0) is 6.07 Å². The Kier molecular flexibility index (Phi) is 3.57. The number of anilines is 1. The van der Waals surface area contributed by atoms with Crippen LogP contribution in [0.25, 0.3) is 0 Å². The summed E-state index contributed by atoms with van der Waals surface area (Å²) in [6.07, 6.45) is 0.681. The predicted molar refractivity (Wildman–Crippen MR) is 63.0 cm³/mol. The van der Waals surface area contributed by atoms with Gasteiger partial charge in [-0.2, -0.15) is 5.10 Å². The van der Waals surface area contributed by atoms with Gasteiger partial charge in [-0.15, -0.1) is 0 Å². The van der Waals surface area contributed by atoms with Crippen LogP contribution in [-0.2, 0) is 7.05 Å². The van der Waals surface area contributed by atoms with Crippen LogP contribution in [0, 0.1) is 11.6 Å². The summed E-state index contributed by atoms with van der Waals surface area (Å²) in [7, 11) is 1.77. The first-order valence-corrected chi connectivity index (χ1v) is 5.43. The number of halogens is 2. The maximum absolute atomic E-state index is 13.4. The zero-order valence-corrected chi connectivity index (χ0v) is 9.77. The van der Waals surface area contributed by atoms with E-state index in [1.807, 2.05) is 0 Å². The van der Waals surface area contributed by atoms with Gasteiger partial charge in [-0.25, -0.2) is 8.78 Å². The van der Waals surface area contributed by atoms with Crippen molar-refractivity contribution in [1.82, 2.24) is 9.78 Å². The molecular formula is C12H13F2N3O. The second-order valence-electron chi connectivity index (χ2n) is 3.94. The number of hydrogen-bond acceptors (Lipinski definition) is 3. The fraction of sp³-hybridized carbons (Fsp3) is 0.250. The molecule has 0 aliphatic rings. The summed E-state index contributed by atoms with van der Waals surface area (Å²) in [5, 5.41) is 16.7. The van der Waals surface area contributed by atoms with Crippen LogP contribution in [-0.4, -0.2) is 21.4 Å². The Labute approximate surface area is 103 Å². The molecule has 4 nitrogen and oxygen atoms in total. The molecule has 0 spiro atoms. The van der Waals surface area contributed by atoms with Crippen LogP contribution < -0.4 is 5.32 Å². The van der Waals surface area contributed by atoms with Gasteiger partial charge in [-0.1, -0.05) is 6.07 Å². The van der Waals surface area contributed by atoms with Gasteiger partial charge in [0, 0.05) is 37.5 Å². The molecule has 6 heteroatoms. The molecule has 0 aliphatic carbocycles. The van der Waals surface area contributed by atoms with Gasteiger partial charge in [-0.3, -0.25) is 4.68 Å². The summed E-state index contributed by atoms with van der Waals surface area (Å²) < 4.78 is 27.7. The molecule has 0 amide bonds. The number of aliphatic hydroxyl groups excluding tert-OH is 1. The third-order valence-corrected chi connectivity index (χ3v) is 2.51. The van der Waals surface area contributed by atoms with Crippen molar-refractivity contribution in [3.63, 3.8) is 0 Å². The molecule has 0 saturated heterocycles. The molecule has 0 radical (unpaired) electrons. The molecule has 18 heavy (non-hydrogen) atoms. The molecule has 1 aromatic carbocycles. The van der Waals surface area contributed by atoms with Crippen LogP contribution in [0.3, 0.4) is 0 Å². The van der Waals surface area contributed by atoms with E-state index in [9.17, 15) is 13.9 Å². The zero-order chi connectivity index (χ0) is 13.1. The number of hydrogen-bond donors (Lipinski definition) is 2. The van der Waals surface area contributed by atoms with Gasteiger partial charge in [0.05, 0.1) is 6.10 Å². The Bertz CT molecular complexity index is 542. The number of aryl methyl sites for hydroxylation is 1. The number of benzene rings is 1. The van der Waals surface area contributed by atoms with Crippen molar-refractivity contribution >= 4 is 5.82 Å². The van der Waals surface area contributed by atoms with Crippen molar-refractivity contribution < 1.29 is 13.9 Å². The Balaban J connectivity index is 2.01. The first-order chi connectivity index (χ1) is 8.56. The van der Waals surface area contributed by atoms with Crippen molar-refractivity contribution in [1.29, 1.82) is 0 Å². The van der Waals surface area contributed by atoms with Gasteiger partial charge in [0.1, 0.15) is 17.5 Å². The molecule has 2 aromatic rings. The van der Waals surface area contributed by atoms with E-state index >= 15 is 0 Å². The van der Waals surface area contributed by atoms with E-state index in [1.54, 1.807) is 24.0 Å². The van der Waals surface area contributed by atoms with E-state index < -0.39 is 17.7 Å². The van der Waals surface area contributed by atoms with Crippen LogP contribution in [0.2, 0.25) is 0 Å². The molecule has 2 N–H and O–H groups in total. The Morgan fingerprint density at radius 1 is 1.39 bits per heavy atom. The summed E-state index contributed by atoms with van der Waals surface area (Å²) >= 11 is 0. The minimum absolute atomic E-state index is 0.0554. The number of rotatable bonds is 4. The smallest absolute Gasteiger partial charge is 0.148 e. The SMILES string of the molecule is Cn1ccc(NCC(O)c2ccc(F)cc2F)n1. The van der Waals surface area contributed by atoms with E-state index in [-0.39, 0.29) is 12.1 Å². The topological polar surface area (TPSA) is 50.1 Å². The van der Waals surface area contributed by atoms with Gasteiger partial charge in [0.25, 0.3) is 0 Å². The minimum Gasteiger partial charge on any atom is -0.386 e. The zero-order valence-electron chi connectivity index (χ0n) is 9.77. The molecule has 1 atom stereocenters. The van der Waals surface area contributed by atoms with Crippen molar-refractivity contribution in [3.8, 4) is 0 Å². The highest BCUT2D eigenvalue weighted by Crippen LogP contribution is 2.18. The molecule has 0 bridgehead atoms. The molecule has 96 valence electrons. The van der Waals surface area contributed by atoms with Gasteiger partial charge >= 0.3 is 0 Å². The lowest BCUT2D eigenvalue weighted by atomic mass is 10.1. The van der Waals surface area contributed by atoms with Crippen molar-refractivity contribution in [2.75, 3.05) is 11.9 Å². The molecule has 0 fully saturated rings. The third kappa shape index (κ3) is 2.84. The van der Waals surface area contributed by atoms with E-state index in [0.29, 0.717) is 5.82 Å². The van der Waals surface area contributed by atoms with Crippen molar-refractivity contribution in [2.24, 2.45) is 7.05 Å². The Morgan fingerprint density at radius 2 is 2.17 bits per heavy atom. The van der Waals surface area contributed by atoms with Gasteiger partial charge < -0.3 is 10.4 Å². The van der Waals surface area contributed by atoms with Crippen molar-refractivity contribution in [3.05, 3.63) is 47.7 Å². The van der Waals surface area contributed by atoms with E-state index in [0.717, 1.165) is 12.1 Å². The first-order valence-electron chi connectivity index (χ1n) is 5.43. The van der Waals surface area contributed by atoms with E-state index in [1.165, 1.54) is 6.07 Å². The van der Waals surface area contributed by atoms with Crippen LogP contribution in [0.15, 0.2) is 30.5 Å². The molecule has 1 heterocycles. The number of nitrogens with one attached hydrogen (secondary N) is 1. The molecular weight excluding hydrogens is 240 g/mol. The summed E-state index contributed by atoms with van der Waals surface area (Å²) in [6, 6.07) is 4.82. The summed E-state index contributed by atoms with van der Waals surface area (Å²) in [4.78, 5) is 0. The lowest BCUT2D eigenvalue weighted by molar-refractivity contribution is 0.186. The molecule has 2 rings (SSSR count). The lowest BCUT2D eigenvalue weighted by Crippen LogP contribution is -2.14. The second-order valence-corrected chi connectivity index (χ2v) is 3.94. The summed E-state index contributed by atoms with van der Waals surface area (Å²) in [6.45, 7) is 0.0968. The molecule has 0 aliphatic heterocycles. The fourth-order valence-corrected chi connectivity index (χ4v) is 1.59. The van der Waals surface area contributed by atoms with Crippen LogP contribution >= 0.6 is 0 Å². The normalized spacial score (nSPS) is 12.4. The standard InChI is InChI=1S/C12H13F2N3O/c1-17-5-4-12(16-17)15-7-11(18)9-3-2-8(13)6-10(9)14/h2-6,11,18H,7H2,1H3,(H,15,16). The minimum atomic E-state index is -1.06. The molecule has 1 aromatic heterocycles. The fourth-order valence-electron chi connectivity index (χ4n) is 1.59. The highest BCUT2D eigenvalue weighted by Gasteiger charge is 2.13. The maximum atomic E-state index is 13.4. The number of nitrogens with zero attached hydrogens (tertiary/aromatic N) is 2. The lowest BCUT2D eigenvalue weighted by Gasteiger charge is -2.12. The number of aliphatic hydroxyl groups is 1. The van der Waals surface area contributed by atoms with E-state index in [2.05, 4.69) is 10.4 Å². The maximum Gasteiger partial charge on any atom is 0.148 e. The first kappa shape index (κ1) is 12.5. The van der Waals surface area contributed by atoms with Crippen molar-refractivity contribution in [2.45, 2.75) is 6.10 Å². The molecule has 1 unspecified atom stereocenters. The predicted octanol–water partition coefficient (Wildman–Crippen LogP) is 1.84. The van der Waals surface area contributed by atoms with Crippen LogP contribution in [0.5, 0.6) is 0 Å². The van der Waals surface area contributed by atoms with Crippen LogP contribution in [0.1, 0.15) is 11.7 Å². The average molecular weight is 253 g/mol. The summed E-state index contributed by atoms with van der Waals surface area (Å²) in [5.41, 5.74) is 0.0554. The third-order valence-electron chi connectivity index (χ3n) is 2.51. The monoisotopic (exact) mass is 253 g/mol. The Morgan fingerprint density at radius 3 is 2.78 bits per heavy atom. The Hall–Kier alpha value is -1.95.